The van der Waals surface area contributed by atoms with Gasteiger partial charge in [-0.25, -0.2) is 15.0 Å². The molecule has 1 amide bonds. The summed E-state index contributed by atoms with van der Waals surface area (Å²) in [5.41, 5.74) is 1.28. The third-order valence-electron chi connectivity index (χ3n) is 3.31. The second kappa shape index (κ2) is 7.75. The molecule has 2 N–H and O–H groups in total. The quantitative estimate of drug-likeness (QED) is 0.536. The van der Waals surface area contributed by atoms with E-state index in [9.17, 15) is 4.79 Å². The van der Waals surface area contributed by atoms with Gasteiger partial charge in [-0.2, -0.15) is 0 Å². The Labute approximate surface area is 168 Å². The molecule has 0 aliphatic carbocycles. The molecule has 10 heteroatoms. The SMILES string of the molecule is Cc1nc(Cl)cc(Nc2ncc(C(=O)Nc3c(C)ccc(Cl)c3Cl)s2)n1. The Balaban J connectivity index is 1.77. The number of carbonyl (C=O) groups excluding carboxylic acids is 1. The van der Waals surface area contributed by atoms with Gasteiger partial charge in [-0.1, -0.05) is 52.2 Å². The smallest absolute Gasteiger partial charge is 0.267 e. The van der Waals surface area contributed by atoms with E-state index in [1.807, 2.05) is 6.92 Å². The van der Waals surface area contributed by atoms with Crippen LogP contribution < -0.4 is 10.6 Å². The second-order valence-electron chi connectivity index (χ2n) is 5.29. The molecular weight excluding hydrogens is 417 g/mol. The number of hydrogen-bond acceptors (Lipinski definition) is 6. The summed E-state index contributed by atoms with van der Waals surface area (Å²) < 4.78 is 0. The van der Waals surface area contributed by atoms with Gasteiger partial charge >= 0.3 is 0 Å². The van der Waals surface area contributed by atoms with Crippen LogP contribution in [-0.4, -0.2) is 20.9 Å². The van der Waals surface area contributed by atoms with E-state index in [0.717, 1.165) is 5.56 Å². The Morgan fingerprint density at radius 1 is 1.15 bits per heavy atom. The maximum absolute atomic E-state index is 12.5. The highest BCUT2D eigenvalue weighted by Crippen LogP contribution is 2.33. The van der Waals surface area contributed by atoms with Crippen LogP contribution in [0.1, 0.15) is 21.1 Å². The summed E-state index contributed by atoms with van der Waals surface area (Å²) in [7, 11) is 0. The lowest BCUT2D eigenvalue weighted by Crippen LogP contribution is -2.11. The number of amides is 1. The molecule has 0 aliphatic heterocycles. The van der Waals surface area contributed by atoms with Crippen LogP contribution in [0.3, 0.4) is 0 Å². The number of carbonyl (C=O) groups is 1. The summed E-state index contributed by atoms with van der Waals surface area (Å²) >= 11 is 19.3. The summed E-state index contributed by atoms with van der Waals surface area (Å²) in [6, 6.07) is 5.04. The molecule has 3 aromatic rings. The molecule has 6 nitrogen and oxygen atoms in total. The van der Waals surface area contributed by atoms with Crippen molar-refractivity contribution in [2.45, 2.75) is 13.8 Å². The zero-order valence-electron chi connectivity index (χ0n) is 13.6. The number of aromatic nitrogens is 3. The average molecular weight is 429 g/mol. The summed E-state index contributed by atoms with van der Waals surface area (Å²) in [6.45, 7) is 3.56. The molecule has 0 unspecified atom stereocenters. The average Bonchev–Trinajstić information content (AvgIpc) is 3.02. The Morgan fingerprint density at radius 3 is 2.65 bits per heavy atom. The van der Waals surface area contributed by atoms with E-state index in [0.29, 0.717) is 42.5 Å². The fourth-order valence-corrected chi connectivity index (χ4v) is 3.48. The van der Waals surface area contributed by atoms with E-state index in [2.05, 4.69) is 25.6 Å². The van der Waals surface area contributed by atoms with Gasteiger partial charge in [0, 0.05) is 6.07 Å². The summed E-state index contributed by atoms with van der Waals surface area (Å²) in [5, 5.41) is 7.26. The Kier molecular flexibility index (Phi) is 5.62. The number of thiazole rings is 1. The van der Waals surface area contributed by atoms with E-state index in [4.69, 9.17) is 34.8 Å². The van der Waals surface area contributed by atoms with Gasteiger partial charge in [-0.3, -0.25) is 4.79 Å². The van der Waals surface area contributed by atoms with Gasteiger partial charge in [-0.15, -0.1) is 0 Å². The molecule has 2 aromatic heterocycles. The van der Waals surface area contributed by atoms with E-state index in [-0.39, 0.29) is 5.91 Å². The first-order chi connectivity index (χ1) is 12.3. The predicted octanol–water partition coefficient (Wildman–Crippen LogP) is 5.51. The lowest BCUT2D eigenvalue weighted by Gasteiger charge is -2.10. The molecule has 0 spiro atoms. The topological polar surface area (TPSA) is 79.8 Å². The molecule has 0 radical (unpaired) electrons. The van der Waals surface area contributed by atoms with Crippen molar-refractivity contribution >= 4 is 68.7 Å². The highest BCUT2D eigenvalue weighted by Gasteiger charge is 2.16. The fraction of sp³-hybridized carbons (Fsp3) is 0.125. The summed E-state index contributed by atoms with van der Waals surface area (Å²) in [5.74, 6) is 0.692. The van der Waals surface area contributed by atoms with Crippen LogP contribution in [0.5, 0.6) is 0 Å². The van der Waals surface area contributed by atoms with E-state index >= 15 is 0 Å². The van der Waals surface area contributed by atoms with Crippen molar-refractivity contribution in [1.82, 2.24) is 15.0 Å². The fourth-order valence-electron chi connectivity index (χ4n) is 2.12. The van der Waals surface area contributed by atoms with Crippen molar-refractivity contribution in [3.05, 3.63) is 55.9 Å². The van der Waals surface area contributed by atoms with Crippen LogP contribution in [0.15, 0.2) is 24.4 Å². The van der Waals surface area contributed by atoms with Gasteiger partial charge < -0.3 is 10.6 Å². The first kappa shape index (κ1) is 18.8. The van der Waals surface area contributed by atoms with E-state index in [1.165, 1.54) is 17.5 Å². The minimum absolute atomic E-state index is 0.300. The van der Waals surface area contributed by atoms with Crippen molar-refractivity contribution in [1.29, 1.82) is 0 Å². The molecular formula is C16H12Cl3N5OS. The third-order valence-corrected chi connectivity index (χ3v) is 5.22. The number of nitrogens with one attached hydrogen (secondary N) is 2. The van der Waals surface area contributed by atoms with Crippen molar-refractivity contribution in [3.63, 3.8) is 0 Å². The maximum Gasteiger partial charge on any atom is 0.267 e. The van der Waals surface area contributed by atoms with Crippen molar-refractivity contribution in [2.24, 2.45) is 0 Å². The number of hydrogen-bond donors (Lipinski definition) is 2. The molecule has 3 rings (SSSR count). The van der Waals surface area contributed by atoms with Gasteiger partial charge in [0.2, 0.25) is 0 Å². The number of benzene rings is 1. The highest BCUT2D eigenvalue weighted by atomic mass is 35.5. The third kappa shape index (κ3) is 4.24. The second-order valence-corrected chi connectivity index (χ2v) is 7.49. The van der Waals surface area contributed by atoms with E-state index < -0.39 is 0 Å². The van der Waals surface area contributed by atoms with Crippen LogP contribution in [0.25, 0.3) is 0 Å². The van der Waals surface area contributed by atoms with Crippen molar-refractivity contribution < 1.29 is 4.79 Å². The summed E-state index contributed by atoms with van der Waals surface area (Å²) in [6.07, 6.45) is 1.46. The molecule has 26 heavy (non-hydrogen) atoms. The maximum atomic E-state index is 12.5. The molecule has 1 aromatic carbocycles. The number of nitrogens with zero attached hydrogens (tertiary/aromatic N) is 3. The first-order valence-electron chi connectivity index (χ1n) is 7.33. The minimum atomic E-state index is -0.334. The molecule has 0 fully saturated rings. The minimum Gasteiger partial charge on any atom is -0.320 e. The molecule has 0 atom stereocenters. The van der Waals surface area contributed by atoms with Crippen LogP contribution >= 0.6 is 46.1 Å². The van der Waals surface area contributed by atoms with Crippen LogP contribution in [0, 0.1) is 13.8 Å². The molecule has 0 saturated heterocycles. The summed E-state index contributed by atoms with van der Waals surface area (Å²) in [4.78, 5) is 25.3. The van der Waals surface area contributed by atoms with Gasteiger partial charge in [0.1, 0.15) is 21.7 Å². The van der Waals surface area contributed by atoms with Gasteiger partial charge in [0.25, 0.3) is 5.91 Å². The van der Waals surface area contributed by atoms with Crippen LogP contribution in [0.2, 0.25) is 15.2 Å². The van der Waals surface area contributed by atoms with Crippen molar-refractivity contribution in [3.8, 4) is 0 Å². The number of aryl methyl sites for hydroxylation is 2. The Bertz CT molecular complexity index is 972. The zero-order chi connectivity index (χ0) is 18.8. The predicted molar refractivity (Wildman–Crippen MR) is 106 cm³/mol. The highest BCUT2D eigenvalue weighted by molar-refractivity contribution is 7.17. The van der Waals surface area contributed by atoms with Gasteiger partial charge in [0.05, 0.1) is 21.9 Å². The molecule has 0 aliphatic rings. The van der Waals surface area contributed by atoms with Gasteiger partial charge in [0.15, 0.2) is 5.13 Å². The normalized spacial score (nSPS) is 10.7. The van der Waals surface area contributed by atoms with E-state index in [1.54, 1.807) is 25.1 Å². The molecule has 0 saturated carbocycles. The number of anilines is 3. The van der Waals surface area contributed by atoms with Crippen LogP contribution in [0.4, 0.5) is 16.6 Å². The van der Waals surface area contributed by atoms with Gasteiger partial charge in [-0.05, 0) is 25.5 Å². The standard InChI is InChI=1S/C16H12Cl3N5OS/c1-7-3-4-9(17)13(19)14(7)24-15(25)10-6-20-16(26-10)23-12-5-11(18)21-8(2)22-12/h3-6H,1-2H3,(H,24,25)(H,20,21,22,23). The number of halogens is 3. The lowest BCUT2D eigenvalue weighted by molar-refractivity contribution is 0.103. The van der Waals surface area contributed by atoms with Crippen LogP contribution in [-0.2, 0) is 0 Å². The number of rotatable bonds is 4. The molecule has 134 valence electrons. The molecule has 2 heterocycles. The Morgan fingerprint density at radius 2 is 1.92 bits per heavy atom. The first-order valence-corrected chi connectivity index (χ1v) is 9.28. The molecule has 0 bridgehead atoms. The largest absolute Gasteiger partial charge is 0.320 e. The monoisotopic (exact) mass is 427 g/mol. The lowest BCUT2D eigenvalue weighted by atomic mass is 10.2. The zero-order valence-corrected chi connectivity index (χ0v) is 16.7. The Hall–Kier alpha value is -1.93. The van der Waals surface area contributed by atoms with Crippen molar-refractivity contribution in [2.75, 3.05) is 10.6 Å².